The van der Waals surface area contributed by atoms with E-state index in [2.05, 4.69) is 24.1 Å². The minimum Gasteiger partial charge on any atom is -0.492 e. The van der Waals surface area contributed by atoms with Gasteiger partial charge in [0.2, 0.25) is 11.8 Å². The number of hydrogen-bond donors (Lipinski definition) is 2. The molecule has 0 saturated carbocycles. The summed E-state index contributed by atoms with van der Waals surface area (Å²) < 4.78 is 11.7. The molecule has 1 aromatic heterocycles. The van der Waals surface area contributed by atoms with Gasteiger partial charge in [-0.15, -0.1) is 0 Å². The molecule has 1 aliphatic heterocycles. The van der Waals surface area contributed by atoms with Crippen LogP contribution in [0.4, 0.5) is 5.69 Å². The summed E-state index contributed by atoms with van der Waals surface area (Å²) in [6, 6.07) is 8.61. The van der Waals surface area contributed by atoms with Crippen molar-refractivity contribution >= 4 is 11.6 Å². The van der Waals surface area contributed by atoms with Gasteiger partial charge in [-0.05, 0) is 25.1 Å². The number of hydrogen-bond acceptors (Lipinski definition) is 5. The number of carbonyl (C=O) groups excluding carboxylic acids is 1. The standard InChI is InChI=1S/C18H21N3O3/c1-11(19)17(22)21-12-7-8-15(20-9-12)24-14-6-4-5-13-16(14)18(2,3)10-23-13/h4-9,11H,10,19H2,1-3H3,(H,21,22)/t11-/m1/s1. The van der Waals surface area contributed by atoms with E-state index in [1.165, 1.54) is 0 Å². The van der Waals surface area contributed by atoms with Crippen LogP contribution in [-0.4, -0.2) is 23.5 Å². The van der Waals surface area contributed by atoms with E-state index in [1.807, 2.05) is 18.2 Å². The van der Waals surface area contributed by atoms with E-state index in [0.717, 1.165) is 17.1 Å². The maximum Gasteiger partial charge on any atom is 0.241 e. The number of nitrogens with one attached hydrogen (secondary N) is 1. The summed E-state index contributed by atoms with van der Waals surface area (Å²) in [4.78, 5) is 15.8. The van der Waals surface area contributed by atoms with Crippen LogP contribution >= 0.6 is 0 Å². The van der Waals surface area contributed by atoms with Crippen LogP contribution in [0.25, 0.3) is 0 Å². The maximum absolute atomic E-state index is 11.6. The highest BCUT2D eigenvalue weighted by atomic mass is 16.5. The zero-order valence-corrected chi connectivity index (χ0v) is 14.0. The molecule has 1 aliphatic rings. The topological polar surface area (TPSA) is 86.5 Å². The first-order chi connectivity index (χ1) is 11.4. The quantitative estimate of drug-likeness (QED) is 0.902. The van der Waals surface area contributed by atoms with Crippen LogP contribution in [0.3, 0.4) is 0 Å². The molecule has 0 unspecified atom stereocenters. The van der Waals surface area contributed by atoms with Crippen molar-refractivity contribution in [3.8, 4) is 17.4 Å². The van der Waals surface area contributed by atoms with Gasteiger partial charge in [0, 0.05) is 17.0 Å². The van der Waals surface area contributed by atoms with E-state index in [1.54, 1.807) is 25.3 Å². The van der Waals surface area contributed by atoms with Gasteiger partial charge in [-0.25, -0.2) is 4.98 Å². The van der Waals surface area contributed by atoms with E-state index in [0.29, 0.717) is 18.2 Å². The largest absolute Gasteiger partial charge is 0.492 e. The van der Waals surface area contributed by atoms with E-state index in [9.17, 15) is 4.79 Å². The summed E-state index contributed by atoms with van der Waals surface area (Å²) in [5.41, 5.74) is 7.03. The number of pyridine rings is 1. The third kappa shape index (κ3) is 3.19. The SMILES string of the molecule is C[C@@H](N)C(=O)Nc1ccc(Oc2cccc3c2C(C)(C)CO3)nc1. The molecule has 0 aliphatic carbocycles. The lowest BCUT2D eigenvalue weighted by atomic mass is 9.86. The van der Waals surface area contributed by atoms with Gasteiger partial charge >= 0.3 is 0 Å². The summed E-state index contributed by atoms with van der Waals surface area (Å²) in [5, 5.41) is 2.69. The highest BCUT2D eigenvalue weighted by Gasteiger charge is 2.35. The van der Waals surface area contributed by atoms with Gasteiger partial charge in [0.05, 0.1) is 24.5 Å². The molecule has 0 bridgehead atoms. The number of amides is 1. The predicted molar refractivity (Wildman–Crippen MR) is 91.6 cm³/mol. The van der Waals surface area contributed by atoms with Crippen LogP contribution in [0.2, 0.25) is 0 Å². The second-order valence-electron chi connectivity index (χ2n) is 6.57. The lowest BCUT2D eigenvalue weighted by Crippen LogP contribution is -2.32. The van der Waals surface area contributed by atoms with Gasteiger partial charge in [0.1, 0.15) is 11.5 Å². The lowest BCUT2D eigenvalue weighted by Gasteiger charge is -2.18. The van der Waals surface area contributed by atoms with Crippen molar-refractivity contribution in [3.63, 3.8) is 0 Å². The fourth-order valence-electron chi connectivity index (χ4n) is 2.60. The van der Waals surface area contributed by atoms with Gasteiger partial charge in [-0.2, -0.15) is 0 Å². The van der Waals surface area contributed by atoms with Crippen molar-refractivity contribution in [1.29, 1.82) is 0 Å². The second kappa shape index (κ2) is 6.13. The Balaban J connectivity index is 1.79. The molecular weight excluding hydrogens is 306 g/mol. The third-order valence-electron chi connectivity index (χ3n) is 3.89. The van der Waals surface area contributed by atoms with Gasteiger partial charge in [0.25, 0.3) is 0 Å². The molecule has 1 aromatic carbocycles. The predicted octanol–water partition coefficient (Wildman–Crippen LogP) is 2.83. The van der Waals surface area contributed by atoms with Crippen molar-refractivity contribution in [2.24, 2.45) is 5.73 Å². The molecule has 1 atom stereocenters. The Morgan fingerprint density at radius 2 is 2.17 bits per heavy atom. The number of aromatic nitrogens is 1. The first kappa shape index (κ1) is 16.3. The molecule has 0 spiro atoms. The number of ether oxygens (including phenoxy) is 2. The lowest BCUT2D eigenvalue weighted by molar-refractivity contribution is -0.117. The highest BCUT2D eigenvalue weighted by Crippen LogP contribution is 2.45. The van der Waals surface area contributed by atoms with Gasteiger partial charge < -0.3 is 20.5 Å². The van der Waals surface area contributed by atoms with Crippen molar-refractivity contribution in [3.05, 3.63) is 42.1 Å². The van der Waals surface area contributed by atoms with E-state index < -0.39 is 6.04 Å². The molecule has 24 heavy (non-hydrogen) atoms. The summed E-state index contributed by atoms with van der Waals surface area (Å²) in [6.45, 7) is 6.48. The summed E-state index contributed by atoms with van der Waals surface area (Å²) in [5.74, 6) is 1.77. The number of rotatable bonds is 4. The molecule has 3 N–H and O–H groups in total. The monoisotopic (exact) mass is 327 g/mol. The Labute approximate surface area is 141 Å². The Morgan fingerprint density at radius 1 is 1.38 bits per heavy atom. The summed E-state index contributed by atoms with van der Waals surface area (Å²) in [6.07, 6.45) is 1.54. The van der Waals surface area contributed by atoms with Crippen molar-refractivity contribution in [1.82, 2.24) is 4.98 Å². The molecule has 2 heterocycles. The minimum atomic E-state index is -0.574. The Bertz CT molecular complexity index is 755. The normalized spacial score (nSPS) is 16.0. The molecule has 0 fully saturated rings. The van der Waals surface area contributed by atoms with Crippen LogP contribution in [0.1, 0.15) is 26.3 Å². The maximum atomic E-state index is 11.6. The van der Waals surface area contributed by atoms with Crippen LogP contribution in [-0.2, 0) is 10.2 Å². The zero-order valence-electron chi connectivity index (χ0n) is 14.0. The Kier molecular flexibility index (Phi) is 4.15. The Hall–Kier alpha value is -2.60. The molecule has 3 rings (SSSR count). The Morgan fingerprint density at radius 3 is 2.83 bits per heavy atom. The van der Waals surface area contributed by atoms with Crippen molar-refractivity contribution in [2.75, 3.05) is 11.9 Å². The minimum absolute atomic E-state index is 0.114. The number of benzene rings is 1. The number of nitrogens with zero attached hydrogens (tertiary/aromatic N) is 1. The summed E-state index contributed by atoms with van der Waals surface area (Å²) in [7, 11) is 0. The second-order valence-corrected chi connectivity index (χ2v) is 6.57. The first-order valence-electron chi connectivity index (χ1n) is 7.83. The zero-order chi connectivity index (χ0) is 17.3. The number of anilines is 1. The third-order valence-corrected chi connectivity index (χ3v) is 3.89. The molecule has 0 radical (unpaired) electrons. The average molecular weight is 327 g/mol. The van der Waals surface area contributed by atoms with Crippen LogP contribution in [0, 0.1) is 0 Å². The van der Waals surface area contributed by atoms with Crippen molar-refractivity contribution in [2.45, 2.75) is 32.2 Å². The molecule has 6 nitrogen and oxygen atoms in total. The van der Waals surface area contributed by atoms with E-state index in [-0.39, 0.29) is 11.3 Å². The molecular formula is C18H21N3O3. The smallest absolute Gasteiger partial charge is 0.241 e. The summed E-state index contributed by atoms with van der Waals surface area (Å²) >= 11 is 0. The van der Waals surface area contributed by atoms with E-state index in [4.69, 9.17) is 15.2 Å². The van der Waals surface area contributed by atoms with Crippen LogP contribution in [0.15, 0.2) is 36.5 Å². The first-order valence-corrected chi connectivity index (χ1v) is 7.83. The van der Waals surface area contributed by atoms with Crippen LogP contribution < -0.4 is 20.5 Å². The number of nitrogens with two attached hydrogens (primary N) is 1. The fourth-order valence-corrected chi connectivity index (χ4v) is 2.60. The molecule has 1 amide bonds. The fraction of sp³-hybridized carbons (Fsp3) is 0.333. The van der Waals surface area contributed by atoms with Gasteiger partial charge in [0.15, 0.2) is 0 Å². The van der Waals surface area contributed by atoms with E-state index >= 15 is 0 Å². The molecule has 2 aromatic rings. The van der Waals surface area contributed by atoms with Crippen LogP contribution in [0.5, 0.6) is 17.4 Å². The number of carbonyl (C=O) groups is 1. The average Bonchev–Trinajstić information content (AvgIpc) is 2.85. The van der Waals surface area contributed by atoms with Gasteiger partial charge in [-0.1, -0.05) is 19.9 Å². The number of fused-ring (bicyclic) bond motifs is 1. The van der Waals surface area contributed by atoms with Gasteiger partial charge in [-0.3, -0.25) is 4.79 Å². The van der Waals surface area contributed by atoms with Crippen molar-refractivity contribution < 1.29 is 14.3 Å². The molecule has 6 heteroatoms. The highest BCUT2D eigenvalue weighted by molar-refractivity contribution is 5.94. The molecule has 126 valence electrons. The molecule has 0 saturated heterocycles.